The van der Waals surface area contributed by atoms with E-state index in [-0.39, 0.29) is 0 Å². The molecular weight excluding hydrogens is 202 g/mol. The van der Waals surface area contributed by atoms with Gasteiger partial charge in [0.15, 0.2) is 5.78 Å². The number of fused-ring (bicyclic) bond motifs is 1. The van der Waals surface area contributed by atoms with Crippen LogP contribution in [0, 0.1) is 0 Å². The van der Waals surface area contributed by atoms with Gasteiger partial charge >= 0.3 is 0 Å². The van der Waals surface area contributed by atoms with E-state index >= 15 is 0 Å². The first kappa shape index (κ1) is 10.1. The van der Waals surface area contributed by atoms with Crippen molar-refractivity contribution in [3.8, 4) is 0 Å². The van der Waals surface area contributed by atoms with E-state index in [0.29, 0.717) is 11.8 Å². The fraction of sp³-hybridized carbons (Fsp3) is 0.615. The highest BCUT2D eigenvalue weighted by molar-refractivity contribution is 5.98. The lowest BCUT2D eigenvalue weighted by Crippen LogP contribution is -2.22. The maximum atomic E-state index is 11.7. The van der Waals surface area contributed by atoms with Crippen LogP contribution < -0.4 is 0 Å². The third-order valence-corrected chi connectivity index (χ3v) is 3.73. The van der Waals surface area contributed by atoms with E-state index in [2.05, 4.69) is 10.8 Å². The maximum Gasteiger partial charge on any atom is 0.164 e. The van der Waals surface area contributed by atoms with Crippen LogP contribution in [0.15, 0.2) is 12.3 Å². The van der Waals surface area contributed by atoms with Gasteiger partial charge in [-0.15, -0.1) is 0 Å². The molecule has 16 heavy (non-hydrogen) atoms. The van der Waals surface area contributed by atoms with Crippen molar-refractivity contribution in [3.63, 3.8) is 0 Å². The molecule has 0 N–H and O–H groups in total. The summed E-state index contributed by atoms with van der Waals surface area (Å²) in [7, 11) is 0. The van der Waals surface area contributed by atoms with Gasteiger partial charge in [-0.1, -0.05) is 0 Å². The summed E-state index contributed by atoms with van der Waals surface area (Å²) in [6, 6.07) is 2.55. The number of hydrogen-bond donors (Lipinski definition) is 0. The zero-order valence-electron chi connectivity index (χ0n) is 9.45. The van der Waals surface area contributed by atoms with Gasteiger partial charge in [0.25, 0.3) is 0 Å². The van der Waals surface area contributed by atoms with Crippen molar-refractivity contribution < 1.29 is 9.53 Å². The second-order valence-corrected chi connectivity index (χ2v) is 4.70. The molecular formula is C13H17NO2. The van der Waals surface area contributed by atoms with Gasteiger partial charge in [-0.25, -0.2) is 0 Å². The molecule has 0 atom stereocenters. The molecule has 0 radical (unpaired) electrons. The molecule has 0 saturated carbocycles. The number of carbonyl (C=O) groups excluding carboxylic acids is 1. The minimum absolute atomic E-state index is 0.326. The van der Waals surface area contributed by atoms with E-state index < -0.39 is 0 Å². The van der Waals surface area contributed by atoms with Crippen LogP contribution in [-0.4, -0.2) is 23.6 Å². The van der Waals surface area contributed by atoms with E-state index in [1.54, 1.807) is 0 Å². The predicted octanol–water partition coefficient (Wildman–Crippen LogP) is 2.36. The van der Waals surface area contributed by atoms with Crippen LogP contribution in [0.1, 0.15) is 47.8 Å². The lowest BCUT2D eigenvalue weighted by Gasteiger charge is -2.27. The zero-order valence-corrected chi connectivity index (χ0v) is 9.45. The summed E-state index contributed by atoms with van der Waals surface area (Å²) >= 11 is 0. The van der Waals surface area contributed by atoms with E-state index in [9.17, 15) is 4.79 Å². The summed E-state index contributed by atoms with van der Waals surface area (Å²) in [5, 5.41) is 0. The molecule has 1 saturated heterocycles. The average Bonchev–Trinajstić information content (AvgIpc) is 2.75. The largest absolute Gasteiger partial charge is 0.381 e. The molecule has 0 unspecified atom stereocenters. The summed E-state index contributed by atoms with van der Waals surface area (Å²) in [6.07, 6.45) is 7.06. The van der Waals surface area contributed by atoms with Gasteiger partial charge in [-0.2, -0.15) is 0 Å². The Balaban J connectivity index is 1.92. The van der Waals surface area contributed by atoms with Gasteiger partial charge < -0.3 is 9.30 Å². The Morgan fingerprint density at radius 3 is 2.88 bits per heavy atom. The lowest BCUT2D eigenvalue weighted by molar-refractivity contribution is 0.0688. The zero-order chi connectivity index (χ0) is 11.0. The van der Waals surface area contributed by atoms with Crippen molar-refractivity contribution in [1.82, 2.24) is 4.57 Å². The fourth-order valence-corrected chi connectivity index (χ4v) is 2.85. The van der Waals surface area contributed by atoms with Crippen molar-refractivity contribution in [3.05, 3.63) is 23.5 Å². The molecule has 3 rings (SSSR count). The number of nitrogens with zero attached hydrogens (tertiary/aromatic N) is 1. The van der Waals surface area contributed by atoms with Crippen LogP contribution in [-0.2, 0) is 11.2 Å². The van der Waals surface area contributed by atoms with Crippen molar-refractivity contribution in [1.29, 1.82) is 0 Å². The summed E-state index contributed by atoms with van der Waals surface area (Å²) in [5.41, 5.74) is 2.24. The van der Waals surface area contributed by atoms with Gasteiger partial charge in [0, 0.05) is 43.1 Å². The molecule has 0 amide bonds. The predicted molar refractivity (Wildman–Crippen MR) is 60.8 cm³/mol. The summed E-state index contributed by atoms with van der Waals surface area (Å²) in [4.78, 5) is 11.7. The Labute approximate surface area is 95.4 Å². The van der Waals surface area contributed by atoms with E-state index in [1.165, 1.54) is 5.69 Å². The Morgan fingerprint density at radius 2 is 2.06 bits per heavy atom. The summed E-state index contributed by atoms with van der Waals surface area (Å²) in [5.74, 6) is 0.326. The number of ether oxygens (including phenoxy) is 1. The summed E-state index contributed by atoms with van der Waals surface area (Å²) in [6.45, 7) is 1.71. The first-order chi connectivity index (χ1) is 7.86. The molecule has 3 nitrogen and oxygen atoms in total. The highest BCUT2D eigenvalue weighted by Gasteiger charge is 2.24. The minimum atomic E-state index is 0.326. The minimum Gasteiger partial charge on any atom is -0.381 e. The molecule has 0 bridgehead atoms. The molecule has 0 spiro atoms. The molecule has 0 aromatic carbocycles. The van der Waals surface area contributed by atoms with E-state index in [4.69, 9.17) is 4.74 Å². The van der Waals surface area contributed by atoms with Crippen LogP contribution in [0.4, 0.5) is 0 Å². The van der Waals surface area contributed by atoms with Crippen LogP contribution >= 0.6 is 0 Å². The molecule has 1 aliphatic carbocycles. The lowest BCUT2D eigenvalue weighted by atomic mass is 9.96. The molecule has 3 heteroatoms. The van der Waals surface area contributed by atoms with Gasteiger partial charge in [-0.05, 0) is 31.7 Å². The molecule has 1 fully saturated rings. The van der Waals surface area contributed by atoms with Crippen LogP contribution in [0.3, 0.4) is 0 Å². The second-order valence-electron chi connectivity index (χ2n) is 4.70. The molecule has 2 heterocycles. The van der Waals surface area contributed by atoms with Gasteiger partial charge in [0.2, 0.25) is 0 Å². The molecule has 1 aromatic heterocycles. The van der Waals surface area contributed by atoms with Crippen LogP contribution in [0.2, 0.25) is 0 Å². The quantitative estimate of drug-likeness (QED) is 0.726. The smallest absolute Gasteiger partial charge is 0.164 e. The first-order valence-electron chi connectivity index (χ1n) is 6.17. The Kier molecular flexibility index (Phi) is 2.56. The Morgan fingerprint density at radius 1 is 1.25 bits per heavy atom. The van der Waals surface area contributed by atoms with E-state index in [1.807, 2.05) is 6.07 Å². The SMILES string of the molecule is O=C1CCCc2c1ccn2C1CCOCC1. The monoisotopic (exact) mass is 219 g/mol. The van der Waals surface area contributed by atoms with Crippen molar-refractivity contribution >= 4 is 5.78 Å². The number of ketones is 1. The number of hydrogen-bond acceptors (Lipinski definition) is 2. The topological polar surface area (TPSA) is 31.2 Å². The Hall–Kier alpha value is -1.09. The third kappa shape index (κ3) is 1.59. The van der Waals surface area contributed by atoms with E-state index in [0.717, 1.165) is 50.9 Å². The number of aromatic nitrogens is 1. The molecule has 1 aromatic rings. The number of carbonyl (C=O) groups is 1. The standard InChI is InChI=1S/C13H17NO2/c15-13-3-1-2-12-11(13)4-7-14(12)10-5-8-16-9-6-10/h4,7,10H,1-3,5-6,8-9H2. The van der Waals surface area contributed by atoms with Crippen molar-refractivity contribution in [2.75, 3.05) is 13.2 Å². The highest BCUT2D eigenvalue weighted by Crippen LogP contribution is 2.29. The second kappa shape index (κ2) is 4.06. The average molecular weight is 219 g/mol. The maximum absolute atomic E-state index is 11.7. The van der Waals surface area contributed by atoms with Crippen LogP contribution in [0.25, 0.3) is 0 Å². The van der Waals surface area contributed by atoms with Crippen molar-refractivity contribution in [2.45, 2.75) is 38.1 Å². The van der Waals surface area contributed by atoms with Gasteiger partial charge in [-0.3, -0.25) is 4.79 Å². The molecule has 2 aliphatic rings. The molecule has 86 valence electrons. The van der Waals surface area contributed by atoms with Gasteiger partial charge in [0.1, 0.15) is 0 Å². The van der Waals surface area contributed by atoms with Crippen LogP contribution in [0.5, 0.6) is 0 Å². The fourth-order valence-electron chi connectivity index (χ4n) is 2.85. The first-order valence-corrected chi connectivity index (χ1v) is 6.17. The normalized spacial score (nSPS) is 22.1. The highest BCUT2D eigenvalue weighted by atomic mass is 16.5. The van der Waals surface area contributed by atoms with Gasteiger partial charge in [0.05, 0.1) is 0 Å². The Bertz CT molecular complexity index is 402. The van der Waals surface area contributed by atoms with Crippen molar-refractivity contribution in [2.24, 2.45) is 0 Å². The summed E-state index contributed by atoms with van der Waals surface area (Å²) < 4.78 is 7.71. The number of Topliss-reactive ketones (excluding diaryl/α,β-unsaturated/α-hetero) is 1. The number of rotatable bonds is 1. The third-order valence-electron chi connectivity index (χ3n) is 3.73. The molecule has 1 aliphatic heterocycles.